The molecule has 13 heavy (non-hydrogen) atoms. The van der Waals surface area contributed by atoms with E-state index in [0.717, 1.165) is 24.5 Å². The van der Waals surface area contributed by atoms with E-state index in [1.807, 2.05) is 12.1 Å². The number of hydrogen-bond acceptors (Lipinski definition) is 2. The van der Waals surface area contributed by atoms with E-state index >= 15 is 0 Å². The number of hydrogen-bond donors (Lipinski definition) is 0. The third kappa shape index (κ3) is 1.62. The van der Waals surface area contributed by atoms with E-state index in [9.17, 15) is 0 Å². The van der Waals surface area contributed by atoms with Gasteiger partial charge in [-0.05, 0) is 36.1 Å². The highest BCUT2D eigenvalue weighted by Gasteiger charge is 2.16. The van der Waals surface area contributed by atoms with Crippen LogP contribution in [-0.4, -0.2) is 13.7 Å². The van der Waals surface area contributed by atoms with Crippen molar-refractivity contribution in [2.45, 2.75) is 13.3 Å². The smallest absolute Gasteiger partial charge is 0.122 e. The Morgan fingerprint density at radius 2 is 2.31 bits per heavy atom. The fraction of sp³-hybridized carbons (Fsp3) is 0.455. The van der Waals surface area contributed by atoms with E-state index in [0.29, 0.717) is 5.92 Å². The molecule has 1 unspecified atom stereocenters. The first-order chi connectivity index (χ1) is 6.29. The first-order valence-corrected chi connectivity index (χ1v) is 4.59. The van der Waals surface area contributed by atoms with Gasteiger partial charge in [-0.1, -0.05) is 6.92 Å². The van der Waals surface area contributed by atoms with Gasteiger partial charge in [-0.2, -0.15) is 0 Å². The zero-order valence-electron chi connectivity index (χ0n) is 8.04. The molecule has 0 fully saturated rings. The van der Waals surface area contributed by atoms with Crippen molar-refractivity contribution in [1.29, 1.82) is 0 Å². The number of methoxy groups -OCH3 is 1. The molecule has 1 heterocycles. The lowest BCUT2D eigenvalue weighted by molar-refractivity contribution is 0.233. The summed E-state index contributed by atoms with van der Waals surface area (Å²) in [5.41, 5.74) is 1.26. The maximum Gasteiger partial charge on any atom is 0.122 e. The minimum atomic E-state index is 0.611. The highest BCUT2D eigenvalue weighted by Crippen LogP contribution is 2.30. The Hall–Kier alpha value is -1.18. The molecule has 70 valence electrons. The third-order valence-electron chi connectivity index (χ3n) is 2.36. The van der Waals surface area contributed by atoms with Gasteiger partial charge in [0.25, 0.3) is 0 Å². The van der Waals surface area contributed by atoms with Gasteiger partial charge in [-0.3, -0.25) is 0 Å². The quantitative estimate of drug-likeness (QED) is 0.656. The summed E-state index contributed by atoms with van der Waals surface area (Å²) in [7, 11) is 1.69. The Kier molecular flexibility index (Phi) is 2.13. The van der Waals surface area contributed by atoms with Crippen LogP contribution in [0.25, 0.3) is 0 Å². The van der Waals surface area contributed by atoms with Crippen LogP contribution in [0, 0.1) is 5.92 Å². The lowest BCUT2D eigenvalue weighted by Crippen LogP contribution is -2.17. The van der Waals surface area contributed by atoms with E-state index in [-0.39, 0.29) is 0 Å². The van der Waals surface area contributed by atoms with Crippen LogP contribution in [0.4, 0.5) is 0 Å². The second-order valence-electron chi connectivity index (χ2n) is 3.59. The number of benzene rings is 1. The van der Waals surface area contributed by atoms with Gasteiger partial charge >= 0.3 is 0 Å². The van der Waals surface area contributed by atoms with Gasteiger partial charge in [0, 0.05) is 0 Å². The number of rotatable bonds is 1. The first-order valence-electron chi connectivity index (χ1n) is 4.59. The minimum Gasteiger partial charge on any atom is -0.497 e. The molecule has 1 aromatic carbocycles. The van der Waals surface area contributed by atoms with Crippen molar-refractivity contribution >= 4 is 0 Å². The Morgan fingerprint density at radius 1 is 1.46 bits per heavy atom. The Balaban J connectivity index is 2.32. The molecule has 0 amide bonds. The standard InChI is InChI=1S/C11H14O2/c1-8-5-9-6-10(12-2)3-4-11(9)13-7-8/h3-4,6,8H,5,7H2,1-2H3. The van der Waals surface area contributed by atoms with Crippen LogP contribution >= 0.6 is 0 Å². The van der Waals surface area contributed by atoms with Crippen molar-refractivity contribution in [3.05, 3.63) is 23.8 Å². The van der Waals surface area contributed by atoms with E-state index in [1.165, 1.54) is 5.56 Å². The van der Waals surface area contributed by atoms with Gasteiger partial charge in [0.15, 0.2) is 0 Å². The summed E-state index contributed by atoms with van der Waals surface area (Å²) in [4.78, 5) is 0. The van der Waals surface area contributed by atoms with E-state index in [1.54, 1.807) is 7.11 Å². The van der Waals surface area contributed by atoms with Crippen molar-refractivity contribution in [3.63, 3.8) is 0 Å². The van der Waals surface area contributed by atoms with Gasteiger partial charge in [-0.25, -0.2) is 0 Å². The van der Waals surface area contributed by atoms with Gasteiger partial charge in [-0.15, -0.1) is 0 Å². The molecular formula is C11H14O2. The number of ether oxygens (including phenoxy) is 2. The molecule has 2 rings (SSSR count). The second-order valence-corrected chi connectivity index (χ2v) is 3.59. The fourth-order valence-electron chi connectivity index (χ4n) is 1.65. The van der Waals surface area contributed by atoms with Crippen LogP contribution in [0.3, 0.4) is 0 Å². The summed E-state index contributed by atoms with van der Waals surface area (Å²) < 4.78 is 10.7. The summed E-state index contributed by atoms with van der Waals surface area (Å²) >= 11 is 0. The predicted octanol–water partition coefficient (Wildman–Crippen LogP) is 2.27. The summed E-state index contributed by atoms with van der Waals surface area (Å²) in [5, 5.41) is 0. The highest BCUT2D eigenvalue weighted by molar-refractivity contribution is 5.41. The molecule has 0 radical (unpaired) electrons. The average Bonchev–Trinajstić information content (AvgIpc) is 2.16. The Morgan fingerprint density at radius 3 is 3.08 bits per heavy atom. The SMILES string of the molecule is COc1ccc2c(c1)CC(C)CO2. The van der Waals surface area contributed by atoms with Gasteiger partial charge in [0.2, 0.25) is 0 Å². The lowest BCUT2D eigenvalue weighted by atomic mass is 9.98. The molecule has 0 aliphatic carbocycles. The zero-order valence-corrected chi connectivity index (χ0v) is 8.04. The molecule has 0 spiro atoms. The van der Waals surface area contributed by atoms with Crippen molar-refractivity contribution < 1.29 is 9.47 Å². The van der Waals surface area contributed by atoms with Crippen molar-refractivity contribution in [2.24, 2.45) is 5.92 Å². The summed E-state index contributed by atoms with van der Waals surface area (Å²) in [6.45, 7) is 3.03. The summed E-state index contributed by atoms with van der Waals surface area (Å²) in [6.07, 6.45) is 1.09. The van der Waals surface area contributed by atoms with E-state index < -0.39 is 0 Å². The molecule has 1 atom stereocenters. The van der Waals surface area contributed by atoms with E-state index in [2.05, 4.69) is 13.0 Å². The lowest BCUT2D eigenvalue weighted by Gasteiger charge is -2.22. The number of fused-ring (bicyclic) bond motifs is 1. The molecule has 2 nitrogen and oxygen atoms in total. The van der Waals surface area contributed by atoms with Crippen LogP contribution in [0.2, 0.25) is 0 Å². The van der Waals surface area contributed by atoms with Gasteiger partial charge in [0.1, 0.15) is 11.5 Å². The minimum absolute atomic E-state index is 0.611. The van der Waals surface area contributed by atoms with Gasteiger partial charge < -0.3 is 9.47 Å². The van der Waals surface area contributed by atoms with Crippen LogP contribution in [0.15, 0.2) is 18.2 Å². The average molecular weight is 178 g/mol. The fourth-order valence-corrected chi connectivity index (χ4v) is 1.65. The van der Waals surface area contributed by atoms with Crippen LogP contribution in [0.5, 0.6) is 11.5 Å². The topological polar surface area (TPSA) is 18.5 Å². The molecule has 1 aliphatic heterocycles. The maximum absolute atomic E-state index is 5.58. The first kappa shape index (κ1) is 8.42. The molecular weight excluding hydrogens is 164 g/mol. The molecule has 0 N–H and O–H groups in total. The Labute approximate surface area is 78.5 Å². The molecule has 2 heteroatoms. The molecule has 0 saturated heterocycles. The molecule has 0 aromatic heterocycles. The molecule has 1 aliphatic rings. The molecule has 0 bridgehead atoms. The van der Waals surface area contributed by atoms with Crippen molar-refractivity contribution in [3.8, 4) is 11.5 Å². The summed E-state index contributed by atoms with van der Waals surface area (Å²) in [6, 6.07) is 5.99. The highest BCUT2D eigenvalue weighted by atomic mass is 16.5. The predicted molar refractivity (Wildman–Crippen MR) is 51.4 cm³/mol. The Bertz CT molecular complexity index is 307. The van der Waals surface area contributed by atoms with Crippen molar-refractivity contribution in [2.75, 3.05) is 13.7 Å². The van der Waals surface area contributed by atoms with Crippen LogP contribution < -0.4 is 9.47 Å². The van der Waals surface area contributed by atoms with Crippen LogP contribution in [0.1, 0.15) is 12.5 Å². The van der Waals surface area contributed by atoms with Crippen molar-refractivity contribution in [1.82, 2.24) is 0 Å². The van der Waals surface area contributed by atoms with Gasteiger partial charge in [0.05, 0.1) is 13.7 Å². The maximum atomic E-state index is 5.58. The molecule has 1 aromatic rings. The summed E-state index contributed by atoms with van der Waals surface area (Å²) in [5.74, 6) is 2.54. The van der Waals surface area contributed by atoms with Crippen LogP contribution in [-0.2, 0) is 6.42 Å². The van der Waals surface area contributed by atoms with E-state index in [4.69, 9.17) is 9.47 Å². The monoisotopic (exact) mass is 178 g/mol. The zero-order chi connectivity index (χ0) is 9.26. The normalized spacial score (nSPS) is 20.3. The second kappa shape index (κ2) is 3.29. The third-order valence-corrected chi connectivity index (χ3v) is 2.36. The molecule has 0 saturated carbocycles. The largest absolute Gasteiger partial charge is 0.497 e.